The highest BCUT2D eigenvalue weighted by molar-refractivity contribution is 5.91. The van der Waals surface area contributed by atoms with E-state index in [-0.39, 0.29) is 5.41 Å². The molecule has 0 fully saturated rings. The summed E-state index contributed by atoms with van der Waals surface area (Å²) in [6.07, 6.45) is 1.89. The number of methoxy groups -OCH3 is 1. The molecule has 2 rings (SSSR count). The molecule has 0 spiro atoms. The second-order valence-corrected chi connectivity index (χ2v) is 6.24. The Kier molecular flexibility index (Phi) is 4.68. The first-order valence-electron chi connectivity index (χ1n) is 7.31. The molecule has 2 nitrogen and oxygen atoms in total. The minimum atomic E-state index is 0.128. The number of allylic oxidation sites excluding steroid dienone is 1. The van der Waals surface area contributed by atoms with Crippen molar-refractivity contribution in [2.24, 2.45) is 0 Å². The van der Waals surface area contributed by atoms with Crippen molar-refractivity contribution in [3.05, 3.63) is 65.2 Å². The van der Waals surface area contributed by atoms with Gasteiger partial charge in [-0.3, -0.25) is 0 Å². The van der Waals surface area contributed by atoms with E-state index in [1.54, 1.807) is 7.11 Å². The number of hydrogen-bond donors (Lipinski definition) is 0. The maximum absolute atomic E-state index is 9.47. The first-order valence-corrected chi connectivity index (χ1v) is 7.31. The Morgan fingerprint density at radius 2 is 1.68 bits per heavy atom. The molecule has 0 amide bonds. The van der Waals surface area contributed by atoms with E-state index < -0.39 is 0 Å². The molecule has 0 aliphatic rings. The van der Waals surface area contributed by atoms with Crippen LogP contribution in [0.5, 0.6) is 5.75 Å². The molecule has 0 bridgehead atoms. The van der Waals surface area contributed by atoms with Gasteiger partial charge in [0.15, 0.2) is 0 Å². The third-order valence-electron chi connectivity index (χ3n) is 3.61. The van der Waals surface area contributed by atoms with Gasteiger partial charge in [0.2, 0.25) is 0 Å². The molecule has 22 heavy (non-hydrogen) atoms. The molecule has 0 saturated heterocycles. The topological polar surface area (TPSA) is 33.0 Å². The Hall–Kier alpha value is -2.53. The van der Waals surface area contributed by atoms with E-state index in [2.05, 4.69) is 39.0 Å². The van der Waals surface area contributed by atoms with Gasteiger partial charge in [0.25, 0.3) is 0 Å². The van der Waals surface area contributed by atoms with Gasteiger partial charge in [0, 0.05) is 5.56 Å². The van der Waals surface area contributed by atoms with Gasteiger partial charge in [-0.15, -0.1) is 0 Å². The van der Waals surface area contributed by atoms with Gasteiger partial charge in [-0.2, -0.15) is 5.26 Å². The van der Waals surface area contributed by atoms with E-state index in [0.717, 1.165) is 11.1 Å². The molecule has 0 aromatic heterocycles. The molecule has 0 aliphatic carbocycles. The lowest BCUT2D eigenvalue weighted by Crippen LogP contribution is -2.10. The third kappa shape index (κ3) is 3.56. The van der Waals surface area contributed by atoms with Crippen molar-refractivity contribution in [1.29, 1.82) is 5.26 Å². The second-order valence-electron chi connectivity index (χ2n) is 6.24. The quantitative estimate of drug-likeness (QED) is 0.585. The van der Waals surface area contributed by atoms with Crippen molar-refractivity contribution in [2.75, 3.05) is 7.11 Å². The highest BCUT2D eigenvalue weighted by atomic mass is 16.5. The van der Waals surface area contributed by atoms with Gasteiger partial charge in [-0.25, -0.2) is 0 Å². The monoisotopic (exact) mass is 291 g/mol. The molecule has 0 aliphatic heterocycles. The fraction of sp³-hybridized carbons (Fsp3) is 0.250. The zero-order valence-electron chi connectivity index (χ0n) is 13.6. The van der Waals surface area contributed by atoms with E-state index in [1.807, 2.05) is 42.5 Å². The summed E-state index contributed by atoms with van der Waals surface area (Å²) in [5.41, 5.74) is 3.83. The minimum absolute atomic E-state index is 0.128. The van der Waals surface area contributed by atoms with Crippen LogP contribution in [0.4, 0.5) is 0 Å². The van der Waals surface area contributed by atoms with Crippen LogP contribution in [0.3, 0.4) is 0 Å². The van der Waals surface area contributed by atoms with Crippen LogP contribution in [-0.4, -0.2) is 7.11 Å². The molecular formula is C20H21NO. The van der Waals surface area contributed by atoms with Gasteiger partial charge in [-0.05, 0) is 34.8 Å². The number of benzene rings is 2. The van der Waals surface area contributed by atoms with Crippen LogP contribution in [0.15, 0.2) is 48.5 Å². The fourth-order valence-electron chi connectivity index (χ4n) is 2.28. The van der Waals surface area contributed by atoms with Crippen LogP contribution in [0.25, 0.3) is 11.6 Å². The lowest BCUT2D eigenvalue weighted by Gasteiger charge is -2.18. The predicted octanol–water partition coefficient (Wildman–Crippen LogP) is 5.06. The molecule has 112 valence electrons. The van der Waals surface area contributed by atoms with Crippen molar-refractivity contribution in [3.8, 4) is 11.8 Å². The van der Waals surface area contributed by atoms with Gasteiger partial charge >= 0.3 is 0 Å². The number of nitrogens with zero attached hydrogens (tertiary/aromatic N) is 1. The average Bonchev–Trinajstić information content (AvgIpc) is 2.52. The van der Waals surface area contributed by atoms with Crippen LogP contribution >= 0.6 is 0 Å². The number of para-hydroxylation sites is 1. The van der Waals surface area contributed by atoms with Crippen LogP contribution in [0.1, 0.15) is 37.5 Å². The highest BCUT2D eigenvalue weighted by Crippen LogP contribution is 2.28. The molecular weight excluding hydrogens is 270 g/mol. The average molecular weight is 291 g/mol. The molecule has 0 radical (unpaired) electrons. The van der Waals surface area contributed by atoms with E-state index in [0.29, 0.717) is 11.3 Å². The van der Waals surface area contributed by atoms with E-state index in [4.69, 9.17) is 4.74 Å². The van der Waals surface area contributed by atoms with Gasteiger partial charge in [-0.1, -0.05) is 57.2 Å². The third-order valence-corrected chi connectivity index (χ3v) is 3.61. The molecule has 0 saturated carbocycles. The maximum atomic E-state index is 9.47. The zero-order valence-corrected chi connectivity index (χ0v) is 13.6. The number of rotatable bonds is 3. The van der Waals surface area contributed by atoms with E-state index in [9.17, 15) is 5.26 Å². The Labute approximate surface area is 132 Å². The Bertz CT molecular complexity index is 713. The zero-order chi connectivity index (χ0) is 16.2. The molecule has 2 heteroatoms. The summed E-state index contributed by atoms with van der Waals surface area (Å²) in [7, 11) is 1.62. The summed E-state index contributed by atoms with van der Waals surface area (Å²) in [5, 5.41) is 9.47. The lowest BCUT2D eigenvalue weighted by molar-refractivity contribution is 0.413. The maximum Gasteiger partial charge on any atom is 0.127 e. The number of nitriles is 1. The lowest BCUT2D eigenvalue weighted by atomic mass is 9.86. The van der Waals surface area contributed by atoms with Crippen molar-refractivity contribution in [1.82, 2.24) is 0 Å². The summed E-state index contributed by atoms with van der Waals surface area (Å²) in [5.74, 6) is 0.710. The second kappa shape index (κ2) is 6.49. The molecule has 0 N–H and O–H groups in total. The Morgan fingerprint density at radius 3 is 2.23 bits per heavy atom. The molecule has 0 heterocycles. The van der Waals surface area contributed by atoms with Crippen LogP contribution in [0.2, 0.25) is 0 Å². The summed E-state index contributed by atoms with van der Waals surface area (Å²) in [4.78, 5) is 0. The fourth-order valence-corrected chi connectivity index (χ4v) is 2.28. The number of hydrogen-bond acceptors (Lipinski definition) is 2. The first-order chi connectivity index (χ1) is 10.5. The van der Waals surface area contributed by atoms with Gasteiger partial charge in [0.1, 0.15) is 5.75 Å². The Morgan fingerprint density at radius 1 is 1.05 bits per heavy atom. The van der Waals surface area contributed by atoms with Gasteiger partial charge < -0.3 is 4.74 Å². The molecule has 0 atom stereocenters. The normalized spacial score (nSPS) is 11.9. The minimum Gasteiger partial charge on any atom is -0.496 e. The smallest absolute Gasteiger partial charge is 0.127 e. The molecule has 0 unspecified atom stereocenters. The highest BCUT2D eigenvalue weighted by Gasteiger charge is 2.13. The van der Waals surface area contributed by atoms with E-state index >= 15 is 0 Å². The van der Waals surface area contributed by atoms with Crippen LogP contribution in [-0.2, 0) is 5.41 Å². The SMILES string of the molecule is COc1ccccc1C(C#N)=Cc1ccc(C(C)(C)C)cc1. The Balaban J connectivity index is 2.40. The molecule has 2 aromatic rings. The van der Waals surface area contributed by atoms with Crippen LogP contribution < -0.4 is 4.74 Å². The molecule has 2 aromatic carbocycles. The summed E-state index contributed by atoms with van der Waals surface area (Å²) < 4.78 is 5.34. The standard InChI is InChI=1S/C20H21NO/c1-20(2,3)17-11-9-15(10-12-17)13-16(14-21)18-7-5-6-8-19(18)22-4/h5-13H,1-4H3. The van der Waals surface area contributed by atoms with Crippen molar-refractivity contribution in [3.63, 3.8) is 0 Å². The summed E-state index contributed by atoms with van der Waals surface area (Å²) in [6, 6.07) is 18.2. The largest absolute Gasteiger partial charge is 0.496 e. The van der Waals surface area contributed by atoms with E-state index in [1.165, 1.54) is 5.56 Å². The van der Waals surface area contributed by atoms with Crippen molar-refractivity contribution < 1.29 is 4.74 Å². The number of ether oxygens (including phenoxy) is 1. The first kappa shape index (κ1) is 15.9. The van der Waals surface area contributed by atoms with Crippen LogP contribution in [0, 0.1) is 11.3 Å². The van der Waals surface area contributed by atoms with Crippen molar-refractivity contribution in [2.45, 2.75) is 26.2 Å². The summed E-state index contributed by atoms with van der Waals surface area (Å²) in [6.45, 7) is 6.56. The predicted molar refractivity (Wildman–Crippen MR) is 91.6 cm³/mol. The van der Waals surface area contributed by atoms with Crippen molar-refractivity contribution >= 4 is 11.6 Å². The summed E-state index contributed by atoms with van der Waals surface area (Å²) >= 11 is 0. The van der Waals surface area contributed by atoms with Gasteiger partial charge in [0.05, 0.1) is 18.8 Å².